The smallest absolute Gasteiger partial charge is 0.283 e. The highest BCUT2D eigenvalue weighted by molar-refractivity contribution is 6.53. The van der Waals surface area contributed by atoms with Crippen LogP contribution in [0, 0.1) is 0 Å². The SMILES string of the molecule is CC(C)c1ccc(N2C(=O)C(Cl)=C(Nc3cccc(C(=O)N4CCCC4)c3)C2=O)cc1. The highest BCUT2D eigenvalue weighted by Crippen LogP contribution is 2.31. The average Bonchev–Trinajstić information content (AvgIpc) is 3.38. The van der Waals surface area contributed by atoms with Gasteiger partial charge in [-0.1, -0.05) is 43.6 Å². The lowest BCUT2D eigenvalue weighted by molar-refractivity contribution is -0.120. The maximum atomic E-state index is 13.0. The van der Waals surface area contributed by atoms with Gasteiger partial charge in [0.1, 0.15) is 10.7 Å². The molecule has 2 heterocycles. The number of hydrogen-bond acceptors (Lipinski definition) is 4. The first-order valence-corrected chi connectivity index (χ1v) is 10.8. The Morgan fingerprint density at radius 2 is 1.68 bits per heavy atom. The summed E-state index contributed by atoms with van der Waals surface area (Å²) < 4.78 is 0. The molecule has 1 saturated heterocycles. The maximum Gasteiger partial charge on any atom is 0.283 e. The Bertz CT molecular complexity index is 1070. The molecule has 0 radical (unpaired) electrons. The van der Waals surface area contributed by atoms with Gasteiger partial charge in [-0.3, -0.25) is 14.4 Å². The number of halogens is 1. The number of carbonyl (C=O) groups excluding carboxylic acids is 3. The van der Waals surface area contributed by atoms with Crippen LogP contribution in [0.1, 0.15) is 48.5 Å². The van der Waals surface area contributed by atoms with Gasteiger partial charge in [0.25, 0.3) is 17.7 Å². The molecule has 2 aliphatic heterocycles. The van der Waals surface area contributed by atoms with Crippen LogP contribution in [0.2, 0.25) is 0 Å². The molecule has 0 aliphatic carbocycles. The molecule has 4 rings (SSSR count). The Morgan fingerprint density at radius 3 is 2.32 bits per heavy atom. The van der Waals surface area contributed by atoms with E-state index in [-0.39, 0.29) is 16.6 Å². The molecule has 3 amide bonds. The summed E-state index contributed by atoms with van der Waals surface area (Å²) in [6.45, 7) is 5.66. The van der Waals surface area contributed by atoms with Crippen LogP contribution in [-0.4, -0.2) is 35.7 Å². The van der Waals surface area contributed by atoms with E-state index < -0.39 is 11.8 Å². The standard InChI is InChI=1S/C24H24ClN3O3/c1-15(2)16-8-10-19(11-9-16)28-23(30)20(25)21(24(28)31)26-18-7-5-6-17(14-18)22(29)27-12-3-4-13-27/h5-11,14-15,26H,3-4,12-13H2,1-2H3. The van der Waals surface area contributed by atoms with E-state index in [1.165, 1.54) is 0 Å². The third-order valence-corrected chi connectivity index (χ3v) is 5.97. The molecule has 2 aromatic rings. The Kier molecular flexibility index (Phi) is 5.83. The first-order chi connectivity index (χ1) is 14.9. The van der Waals surface area contributed by atoms with Crippen molar-refractivity contribution in [1.29, 1.82) is 0 Å². The highest BCUT2D eigenvalue weighted by Gasteiger charge is 2.39. The van der Waals surface area contributed by atoms with E-state index in [1.54, 1.807) is 36.4 Å². The van der Waals surface area contributed by atoms with E-state index in [9.17, 15) is 14.4 Å². The third kappa shape index (κ3) is 4.08. The molecule has 1 N–H and O–H groups in total. The number of nitrogens with one attached hydrogen (secondary N) is 1. The van der Waals surface area contributed by atoms with Crippen molar-refractivity contribution >= 4 is 40.7 Å². The molecule has 31 heavy (non-hydrogen) atoms. The Morgan fingerprint density at radius 1 is 1.00 bits per heavy atom. The van der Waals surface area contributed by atoms with E-state index in [4.69, 9.17) is 11.6 Å². The summed E-state index contributed by atoms with van der Waals surface area (Å²) in [5, 5.41) is 2.78. The number of rotatable bonds is 5. The number of carbonyl (C=O) groups is 3. The van der Waals surface area contributed by atoms with E-state index in [1.807, 2.05) is 17.0 Å². The fourth-order valence-electron chi connectivity index (χ4n) is 3.83. The van der Waals surface area contributed by atoms with Crippen LogP contribution in [0.5, 0.6) is 0 Å². The van der Waals surface area contributed by atoms with Crippen molar-refractivity contribution in [2.24, 2.45) is 0 Å². The molecule has 0 bridgehead atoms. The Balaban J connectivity index is 1.55. The van der Waals surface area contributed by atoms with Crippen LogP contribution in [-0.2, 0) is 9.59 Å². The number of hydrogen-bond donors (Lipinski definition) is 1. The minimum atomic E-state index is -0.573. The van der Waals surface area contributed by atoms with Gasteiger partial charge in [0, 0.05) is 24.3 Å². The lowest BCUT2D eigenvalue weighted by Crippen LogP contribution is -2.32. The van der Waals surface area contributed by atoms with Gasteiger partial charge in [0.15, 0.2) is 0 Å². The minimum Gasteiger partial charge on any atom is -0.350 e. The first-order valence-electron chi connectivity index (χ1n) is 10.4. The quantitative estimate of drug-likeness (QED) is 0.700. The van der Waals surface area contributed by atoms with Crippen LogP contribution in [0.4, 0.5) is 11.4 Å². The van der Waals surface area contributed by atoms with Gasteiger partial charge >= 0.3 is 0 Å². The predicted molar refractivity (Wildman–Crippen MR) is 121 cm³/mol. The summed E-state index contributed by atoms with van der Waals surface area (Å²) >= 11 is 6.24. The van der Waals surface area contributed by atoms with Crippen molar-refractivity contribution in [3.8, 4) is 0 Å². The van der Waals surface area contributed by atoms with E-state index in [0.717, 1.165) is 36.4 Å². The monoisotopic (exact) mass is 437 g/mol. The molecular formula is C24H24ClN3O3. The van der Waals surface area contributed by atoms with Gasteiger partial charge in [-0.25, -0.2) is 4.90 Å². The van der Waals surface area contributed by atoms with E-state index in [0.29, 0.717) is 22.9 Å². The largest absolute Gasteiger partial charge is 0.350 e. The molecule has 0 saturated carbocycles. The molecule has 0 atom stereocenters. The number of anilines is 2. The van der Waals surface area contributed by atoms with Gasteiger partial charge in [-0.15, -0.1) is 0 Å². The molecule has 160 valence electrons. The summed E-state index contributed by atoms with van der Waals surface area (Å²) in [6.07, 6.45) is 2.02. The summed E-state index contributed by atoms with van der Waals surface area (Å²) in [6, 6.07) is 14.2. The van der Waals surface area contributed by atoms with Gasteiger partial charge in [-0.05, 0) is 54.7 Å². The second kappa shape index (κ2) is 8.55. The van der Waals surface area contributed by atoms with Crippen LogP contribution in [0.3, 0.4) is 0 Å². The number of nitrogens with zero attached hydrogens (tertiary/aromatic N) is 2. The minimum absolute atomic E-state index is 0.00498. The average molecular weight is 438 g/mol. The topological polar surface area (TPSA) is 69.7 Å². The fraction of sp³-hybridized carbons (Fsp3) is 0.292. The Labute approximate surface area is 186 Å². The summed E-state index contributed by atoms with van der Waals surface area (Å²) in [5.41, 5.74) is 2.63. The zero-order valence-electron chi connectivity index (χ0n) is 17.5. The number of amides is 3. The highest BCUT2D eigenvalue weighted by atomic mass is 35.5. The summed E-state index contributed by atoms with van der Waals surface area (Å²) in [5.74, 6) is -0.797. The maximum absolute atomic E-state index is 13.0. The van der Waals surface area contributed by atoms with E-state index >= 15 is 0 Å². The second-order valence-electron chi connectivity index (χ2n) is 8.09. The summed E-state index contributed by atoms with van der Waals surface area (Å²) in [4.78, 5) is 41.2. The predicted octanol–water partition coefficient (Wildman–Crippen LogP) is 4.48. The van der Waals surface area contributed by atoms with Crippen molar-refractivity contribution in [2.45, 2.75) is 32.6 Å². The van der Waals surface area contributed by atoms with Gasteiger partial charge in [0.2, 0.25) is 0 Å². The zero-order valence-corrected chi connectivity index (χ0v) is 18.3. The molecule has 6 nitrogen and oxygen atoms in total. The number of benzene rings is 2. The zero-order chi connectivity index (χ0) is 22.1. The lowest BCUT2D eigenvalue weighted by Gasteiger charge is -2.17. The molecule has 1 fully saturated rings. The van der Waals surface area contributed by atoms with Gasteiger partial charge in [0.05, 0.1) is 5.69 Å². The number of likely N-dealkylation sites (tertiary alicyclic amines) is 1. The normalized spacial score (nSPS) is 16.6. The van der Waals surface area contributed by atoms with Crippen LogP contribution >= 0.6 is 11.6 Å². The molecule has 7 heteroatoms. The van der Waals surface area contributed by atoms with Crippen molar-refractivity contribution < 1.29 is 14.4 Å². The molecule has 0 aromatic heterocycles. The van der Waals surface area contributed by atoms with Crippen molar-refractivity contribution in [3.05, 3.63) is 70.4 Å². The van der Waals surface area contributed by atoms with Crippen LogP contribution < -0.4 is 10.2 Å². The molecule has 2 aromatic carbocycles. The van der Waals surface area contributed by atoms with Crippen LogP contribution in [0.15, 0.2) is 59.3 Å². The summed E-state index contributed by atoms with van der Waals surface area (Å²) in [7, 11) is 0. The van der Waals surface area contributed by atoms with E-state index in [2.05, 4.69) is 19.2 Å². The van der Waals surface area contributed by atoms with Crippen molar-refractivity contribution in [2.75, 3.05) is 23.3 Å². The number of imide groups is 1. The Hall–Kier alpha value is -3.12. The first kappa shape index (κ1) is 21.1. The van der Waals surface area contributed by atoms with Gasteiger partial charge in [-0.2, -0.15) is 0 Å². The molecular weight excluding hydrogens is 414 g/mol. The van der Waals surface area contributed by atoms with Crippen molar-refractivity contribution in [3.63, 3.8) is 0 Å². The lowest BCUT2D eigenvalue weighted by atomic mass is 10.0. The fourth-order valence-corrected chi connectivity index (χ4v) is 4.04. The molecule has 0 spiro atoms. The second-order valence-corrected chi connectivity index (χ2v) is 8.46. The molecule has 0 unspecified atom stereocenters. The van der Waals surface area contributed by atoms with Crippen LogP contribution in [0.25, 0.3) is 0 Å². The van der Waals surface area contributed by atoms with Crippen molar-refractivity contribution in [1.82, 2.24) is 4.90 Å². The van der Waals surface area contributed by atoms with Gasteiger partial charge < -0.3 is 10.2 Å². The third-order valence-electron chi connectivity index (χ3n) is 5.62. The molecule has 2 aliphatic rings.